The van der Waals surface area contributed by atoms with E-state index in [0.29, 0.717) is 5.78 Å². The summed E-state index contributed by atoms with van der Waals surface area (Å²) in [5.41, 5.74) is 6.26. The molecule has 0 aliphatic heterocycles. The molecule has 1 aliphatic rings. The molecule has 0 bridgehead atoms. The number of nitrogens with one attached hydrogen (secondary N) is 1. The molecule has 0 aromatic heterocycles. The SMILES string of the molecule is CCCPC(NC)C1(N)CC1. The van der Waals surface area contributed by atoms with Crippen LogP contribution >= 0.6 is 8.58 Å². The zero-order valence-corrected chi connectivity index (χ0v) is 8.48. The second-order valence-corrected chi connectivity index (χ2v) is 4.89. The molecule has 1 aliphatic carbocycles. The van der Waals surface area contributed by atoms with Gasteiger partial charge in [-0.3, -0.25) is 0 Å². The summed E-state index contributed by atoms with van der Waals surface area (Å²) in [6.07, 6.45) is 5.04. The van der Waals surface area contributed by atoms with Crippen molar-refractivity contribution in [1.29, 1.82) is 0 Å². The van der Waals surface area contributed by atoms with E-state index in [1.54, 1.807) is 0 Å². The fourth-order valence-electron chi connectivity index (χ4n) is 1.31. The molecule has 1 saturated carbocycles. The van der Waals surface area contributed by atoms with Crippen molar-refractivity contribution in [3.63, 3.8) is 0 Å². The third-order valence-corrected chi connectivity index (χ3v) is 4.35. The van der Waals surface area contributed by atoms with Gasteiger partial charge in [-0.25, -0.2) is 0 Å². The lowest BCUT2D eigenvalue weighted by molar-refractivity contribution is 0.567. The molecule has 3 N–H and O–H groups in total. The maximum atomic E-state index is 6.09. The molecule has 1 fully saturated rings. The molecule has 2 atom stereocenters. The van der Waals surface area contributed by atoms with Crippen LogP contribution in [0.25, 0.3) is 0 Å². The average molecular weight is 174 g/mol. The smallest absolute Gasteiger partial charge is 0.0418 e. The van der Waals surface area contributed by atoms with Crippen LogP contribution in [0.1, 0.15) is 26.2 Å². The first kappa shape index (κ1) is 9.44. The monoisotopic (exact) mass is 174 g/mol. The zero-order valence-electron chi connectivity index (χ0n) is 7.48. The summed E-state index contributed by atoms with van der Waals surface area (Å²) in [5.74, 6) is 0.586. The molecule has 0 radical (unpaired) electrons. The summed E-state index contributed by atoms with van der Waals surface area (Å²) in [4.78, 5) is 0. The minimum Gasteiger partial charge on any atom is -0.323 e. The van der Waals surface area contributed by atoms with Crippen LogP contribution in [-0.4, -0.2) is 24.5 Å². The highest BCUT2D eigenvalue weighted by Crippen LogP contribution is 2.42. The van der Waals surface area contributed by atoms with Crippen molar-refractivity contribution in [1.82, 2.24) is 5.32 Å². The molecular weight excluding hydrogens is 155 g/mol. The minimum atomic E-state index is 0.169. The van der Waals surface area contributed by atoms with E-state index in [9.17, 15) is 0 Å². The van der Waals surface area contributed by atoms with Gasteiger partial charge in [0.15, 0.2) is 0 Å². The molecule has 0 spiro atoms. The standard InChI is InChI=1S/C8H19N2P/c1-3-6-11-7(10-2)8(9)4-5-8/h7,10-11H,3-6,9H2,1-2H3. The van der Waals surface area contributed by atoms with Crippen molar-refractivity contribution < 1.29 is 0 Å². The predicted molar refractivity (Wildman–Crippen MR) is 52.5 cm³/mol. The quantitative estimate of drug-likeness (QED) is 0.613. The molecule has 3 heteroatoms. The number of rotatable bonds is 5. The van der Waals surface area contributed by atoms with Crippen molar-refractivity contribution in [3.05, 3.63) is 0 Å². The van der Waals surface area contributed by atoms with Crippen LogP contribution in [-0.2, 0) is 0 Å². The van der Waals surface area contributed by atoms with Crippen LogP contribution in [0.4, 0.5) is 0 Å². The lowest BCUT2D eigenvalue weighted by Gasteiger charge is -2.22. The Kier molecular flexibility index (Phi) is 3.29. The van der Waals surface area contributed by atoms with Crippen LogP contribution in [0.3, 0.4) is 0 Å². The summed E-state index contributed by atoms with van der Waals surface area (Å²) in [6.45, 7) is 2.23. The van der Waals surface area contributed by atoms with Gasteiger partial charge in [-0.05, 0) is 26.1 Å². The normalized spacial score (nSPS) is 24.3. The second kappa shape index (κ2) is 3.84. The average Bonchev–Trinajstić information content (AvgIpc) is 2.71. The highest BCUT2D eigenvalue weighted by atomic mass is 31.1. The molecule has 0 amide bonds. The third-order valence-electron chi connectivity index (χ3n) is 2.29. The van der Waals surface area contributed by atoms with Crippen LogP contribution in [0.2, 0.25) is 0 Å². The van der Waals surface area contributed by atoms with Gasteiger partial charge in [-0.1, -0.05) is 13.3 Å². The Hall–Kier alpha value is 0.350. The fourth-order valence-corrected chi connectivity index (χ4v) is 2.79. The summed E-state index contributed by atoms with van der Waals surface area (Å²) in [6, 6.07) is 0. The van der Waals surface area contributed by atoms with E-state index < -0.39 is 0 Å². The summed E-state index contributed by atoms with van der Waals surface area (Å²) in [7, 11) is 3.03. The van der Waals surface area contributed by atoms with Gasteiger partial charge in [0.1, 0.15) is 0 Å². The number of hydrogen-bond donors (Lipinski definition) is 2. The highest BCUT2D eigenvalue weighted by Gasteiger charge is 2.44. The van der Waals surface area contributed by atoms with Crippen LogP contribution in [0, 0.1) is 0 Å². The Morgan fingerprint density at radius 3 is 2.64 bits per heavy atom. The summed E-state index contributed by atoms with van der Waals surface area (Å²) in [5, 5.41) is 3.33. The Balaban J connectivity index is 2.25. The van der Waals surface area contributed by atoms with Gasteiger partial charge in [0.25, 0.3) is 0 Å². The molecular formula is C8H19N2P. The Morgan fingerprint density at radius 2 is 2.27 bits per heavy atom. The molecule has 66 valence electrons. The predicted octanol–water partition coefficient (Wildman–Crippen LogP) is 1.11. The Labute approximate surface area is 71.1 Å². The van der Waals surface area contributed by atoms with E-state index in [0.717, 1.165) is 8.58 Å². The van der Waals surface area contributed by atoms with Crippen molar-refractivity contribution >= 4 is 8.58 Å². The van der Waals surface area contributed by atoms with Gasteiger partial charge in [-0.15, -0.1) is 8.58 Å². The fraction of sp³-hybridized carbons (Fsp3) is 1.00. The van der Waals surface area contributed by atoms with Crippen LogP contribution in [0.15, 0.2) is 0 Å². The molecule has 0 aromatic rings. The Morgan fingerprint density at radius 1 is 1.64 bits per heavy atom. The highest BCUT2D eigenvalue weighted by molar-refractivity contribution is 7.39. The Bertz CT molecular complexity index is 123. The van der Waals surface area contributed by atoms with E-state index in [1.807, 2.05) is 7.05 Å². The van der Waals surface area contributed by atoms with Gasteiger partial charge in [-0.2, -0.15) is 0 Å². The summed E-state index contributed by atoms with van der Waals surface area (Å²) < 4.78 is 0. The van der Waals surface area contributed by atoms with Gasteiger partial charge in [0.05, 0.1) is 0 Å². The lowest BCUT2D eigenvalue weighted by Crippen LogP contribution is -2.42. The van der Waals surface area contributed by atoms with Crippen LogP contribution < -0.4 is 11.1 Å². The molecule has 0 aromatic carbocycles. The maximum absolute atomic E-state index is 6.09. The second-order valence-electron chi connectivity index (χ2n) is 3.41. The first-order chi connectivity index (χ1) is 5.23. The van der Waals surface area contributed by atoms with Gasteiger partial charge in [0, 0.05) is 11.3 Å². The molecule has 1 rings (SSSR count). The van der Waals surface area contributed by atoms with Crippen molar-refractivity contribution in [2.45, 2.75) is 37.5 Å². The maximum Gasteiger partial charge on any atom is 0.0418 e. The number of likely N-dealkylation sites (N-methyl/N-ethyl adjacent to an activating group) is 1. The van der Waals surface area contributed by atoms with Crippen molar-refractivity contribution in [2.24, 2.45) is 5.73 Å². The van der Waals surface area contributed by atoms with Gasteiger partial charge < -0.3 is 11.1 Å². The first-order valence-electron chi connectivity index (χ1n) is 4.42. The van der Waals surface area contributed by atoms with E-state index >= 15 is 0 Å². The van der Waals surface area contributed by atoms with Crippen LogP contribution in [0.5, 0.6) is 0 Å². The van der Waals surface area contributed by atoms with Crippen molar-refractivity contribution in [2.75, 3.05) is 13.2 Å². The largest absolute Gasteiger partial charge is 0.323 e. The van der Waals surface area contributed by atoms with Crippen molar-refractivity contribution in [3.8, 4) is 0 Å². The molecule has 0 saturated heterocycles. The molecule has 0 heterocycles. The zero-order chi connectivity index (χ0) is 8.32. The summed E-state index contributed by atoms with van der Waals surface area (Å²) >= 11 is 0. The molecule has 2 unspecified atom stereocenters. The molecule has 2 nitrogen and oxygen atoms in total. The number of hydrogen-bond acceptors (Lipinski definition) is 2. The van der Waals surface area contributed by atoms with E-state index in [2.05, 4.69) is 12.2 Å². The minimum absolute atomic E-state index is 0.169. The van der Waals surface area contributed by atoms with E-state index in [4.69, 9.17) is 5.73 Å². The van der Waals surface area contributed by atoms with E-state index in [1.165, 1.54) is 25.4 Å². The van der Waals surface area contributed by atoms with E-state index in [-0.39, 0.29) is 5.54 Å². The lowest BCUT2D eigenvalue weighted by atomic mass is 10.3. The topological polar surface area (TPSA) is 38.0 Å². The number of nitrogens with two attached hydrogens (primary N) is 1. The third kappa shape index (κ3) is 2.40. The molecule has 11 heavy (non-hydrogen) atoms. The van der Waals surface area contributed by atoms with Gasteiger partial charge in [0.2, 0.25) is 0 Å². The van der Waals surface area contributed by atoms with Gasteiger partial charge >= 0.3 is 0 Å². The first-order valence-corrected chi connectivity index (χ1v) is 5.71.